The number of hydrogen-bond acceptors (Lipinski definition) is 3. The predicted octanol–water partition coefficient (Wildman–Crippen LogP) is 5.48. The molecule has 0 spiro atoms. The molecule has 0 saturated heterocycles. The molecule has 0 saturated carbocycles. The van der Waals surface area contributed by atoms with Gasteiger partial charge in [-0.3, -0.25) is 9.69 Å². The normalized spacial score (nSPS) is 16.7. The van der Waals surface area contributed by atoms with Crippen molar-refractivity contribution in [3.63, 3.8) is 0 Å². The lowest BCUT2D eigenvalue weighted by atomic mass is 10.1. The predicted molar refractivity (Wildman–Crippen MR) is 100 cm³/mol. The highest BCUT2D eigenvalue weighted by molar-refractivity contribution is 7.12. The summed E-state index contributed by atoms with van der Waals surface area (Å²) >= 11 is 7.84. The van der Waals surface area contributed by atoms with Crippen LogP contribution in [-0.2, 0) is 0 Å². The molecule has 1 amide bonds. The van der Waals surface area contributed by atoms with Crippen LogP contribution in [0.2, 0.25) is 5.02 Å². The summed E-state index contributed by atoms with van der Waals surface area (Å²) in [6.45, 7) is 2.07. The number of halogens is 1. The molecular weight excluding hydrogens is 340 g/mol. The molecular formula is C19H15ClN2OS. The Labute approximate surface area is 149 Å². The topological polar surface area (TPSA) is 32.3 Å². The van der Waals surface area contributed by atoms with Gasteiger partial charge in [-0.25, -0.2) is 0 Å². The summed E-state index contributed by atoms with van der Waals surface area (Å²) in [5.41, 5.74) is 2.31. The second-order valence-corrected chi connectivity index (χ2v) is 7.45. The molecule has 120 valence electrons. The van der Waals surface area contributed by atoms with Crippen molar-refractivity contribution in [2.24, 2.45) is 0 Å². The van der Waals surface area contributed by atoms with E-state index in [0.717, 1.165) is 16.3 Å². The number of aryl methyl sites for hydroxylation is 1. The maximum Gasteiger partial charge on any atom is 0.262 e. The quantitative estimate of drug-likeness (QED) is 0.660. The Morgan fingerprint density at radius 1 is 1.08 bits per heavy atom. The fourth-order valence-corrected chi connectivity index (χ4v) is 4.05. The van der Waals surface area contributed by atoms with E-state index in [1.54, 1.807) is 16.2 Å². The number of carbonyl (C=O) groups is 1. The van der Waals surface area contributed by atoms with Crippen LogP contribution in [0.1, 0.15) is 26.3 Å². The van der Waals surface area contributed by atoms with Crippen molar-refractivity contribution in [2.75, 3.05) is 10.2 Å². The lowest BCUT2D eigenvalue weighted by Gasteiger charge is -2.37. The minimum absolute atomic E-state index is 0.0253. The number of thiophene rings is 1. The first-order valence-electron chi connectivity index (χ1n) is 7.64. The summed E-state index contributed by atoms with van der Waals surface area (Å²) in [5, 5.41) is 4.11. The third-order valence-electron chi connectivity index (χ3n) is 4.04. The summed E-state index contributed by atoms with van der Waals surface area (Å²) in [5.74, 6) is -0.0253. The maximum atomic E-state index is 13.2. The van der Waals surface area contributed by atoms with E-state index in [0.29, 0.717) is 10.6 Å². The summed E-state index contributed by atoms with van der Waals surface area (Å²) in [7, 11) is 0. The van der Waals surface area contributed by atoms with E-state index in [4.69, 9.17) is 11.6 Å². The Bertz CT molecular complexity index is 921. The number of amides is 1. The minimum Gasteiger partial charge on any atom is -0.360 e. The number of anilines is 2. The lowest BCUT2D eigenvalue weighted by molar-refractivity contribution is 0.0975. The van der Waals surface area contributed by atoms with Gasteiger partial charge in [-0.05, 0) is 49.4 Å². The Morgan fingerprint density at radius 3 is 2.67 bits per heavy atom. The van der Waals surface area contributed by atoms with Crippen LogP contribution < -0.4 is 10.2 Å². The third kappa shape index (κ3) is 2.58. The monoisotopic (exact) mass is 354 g/mol. The molecule has 3 aromatic rings. The van der Waals surface area contributed by atoms with E-state index >= 15 is 0 Å². The number of para-hydroxylation sites is 1. The highest BCUT2D eigenvalue weighted by Crippen LogP contribution is 2.39. The molecule has 1 aromatic heterocycles. The average Bonchev–Trinajstić information content (AvgIpc) is 3.01. The van der Waals surface area contributed by atoms with Gasteiger partial charge >= 0.3 is 0 Å². The van der Waals surface area contributed by atoms with Gasteiger partial charge in [-0.1, -0.05) is 29.8 Å². The fraction of sp³-hybridized carbons (Fsp3) is 0.105. The molecule has 2 aromatic carbocycles. The molecule has 1 unspecified atom stereocenters. The Balaban J connectivity index is 1.87. The van der Waals surface area contributed by atoms with E-state index in [1.807, 2.05) is 48.5 Å². The fourth-order valence-electron chi connectivity index (χ4n) is 2.95. The molecule has 3 nitrogen and oxygen atoms in total. The van der Waals surface area contributed by atoms with Crippen molar-refractivity contribution < 1.29 is 4.79 Å². The zero-order valence-electron chi connectivity index (χ0n) is 13.0. The van der Waals surface area contributed by atoms with Gasteiger partial charge in [0.15, 0.2) is 0 Å². The van der Waals surface area contributed by atoms with Gasteiger partial charge in [0.2, 0.25) is 0 Å². The van der Waals surface area contributed by atoms with Gasteiger partial charge in [0.05, 0.1) is 5.56 Å². The smallest absolute Gasteiger partial charge is 0.262 e. The molecule has 4 rings (SSSR count). The lowest BCUT2D eigenvalue weighted by Crippen LogP contribution is -2.42. The van der Waals surface area contributed by atoms with Crippen LogP contribution in [0.3, 0.4) is 0 Å². The van der Waals surface area contributed by atoms with Gasteiger partial charge < -0.3 is 5.32 Å². The minimum atomic E-state index is -0.246. The van der Waals surface area contributed by atoms with E-state index in [9.17, 15) is 4.79 Å². The van der Waals surface area contributed by atoms with Gasteiger partial charge in [0.1, 0.15) is 6.17 Å². The van der Waals surface area contributed by atoms with Crippen molar-refractivity contribution in [2.45, 2.75) is 13.1 Å². The highest BCUT2D eigenvalue weighted by Gasteiger charge is 2.34. The SMILES string of the molecule is Cc1ccc(C2Nc3ccccc3C(=O)N2c2cccc(Cl)c2)s1. The van der Waals surface area contributed by atoms with Crippen molar-refractivity contribution >= 4 is 40.2 Å². The largest absolute Gasteiger partial charge is 0.360 e. The van der Waals surface area contributed by atoms with Crippen molar-refractivity contribution in [1.82, 2.24) is 0 Å². The molecule has 0 radical (unpaired) electrons. The molecule has 24 heavy (non-hydrogen) atoms. The van der Waals surface area contributed by atoms with E-state index in [2.05, 4.69) is 24.4 Å². The number of nitrogens with one attached hydrogen (secondary N) is 1. The number of hydrogen-bond donors (Lipinski definition) is 1. The van der Waals surface area contributed by atoms with Crippen molar-refractivity contribution in [3.8, 4) is 0 Å². The second kappa shape index (κ2) is 5.96. The number of nitrogens with zero attached hydrogens (tertiary/aromatic N) is 1. The second-order valence-electron chi connectivity index (χ2n) is 5.70. The Hall–Kier alpha value is -2.30. The number of benzene rings is 2. The summed E-state index contributed by atoms with van der Waals surface area (Å²) < 4.78 is 0. The molecule has 0 fully saturated rings. The highest BCUT2D eigenvalue weighted by atomic mass is 35.5. The summed E-state index contributed by atoms with van der Waals surface area (Å²) in [6.07, 6.45) is -0.246. The van der Waals surface area contributed by atoms with Gasteiger partial charge in [0.25, 0.3) is 5.91 Å². The zero-order valence-corrected chi connectivity index (χ0v) is 14.6. The first-order chi connectivity index (χ1) is 11.6. The first kappa shape index (κ1) is 15.2. The molecule has 0 bridgehead atoms. The standard InChI is InChI=1S/C19H15ClN2OS/c1-12-9-10-17(24-12)18-21-16-8-3-2-7-15(16)19(23)22(18)14-6-4-5-13(20)11-14/h2-11,18,21H,1H3. The van der Waals surface area contributed by atoms with Crippen LogP contribution in [-0.4, -0.2) is 5.91 Å². The van der Waals surface area contributed by atoms with E-state index < -0.39 is 0 Å². The van der Waals surface area contributed by atoms with E-state index in [-0.39, 0.29) is 12.1 Å². The third-order valence-corrected chi connectivity index (χ3v) is 5.33. The zero-order chi connectivity index (χ0) is 16.7. The molecule has 1 N–H and O–H groups in total. The van der Waals surface area contributed by atoms with Crippen LogP contribution in [0, 0.1) is 6.92 Å². The molecule has 2 heterocycles. The number of rotatable bonds is 2. The van der Waals surface area contributed by atoms with Crippen LogP contribution in [0.5, 0.6) is 0 Å². The first-order valence-corrected chi connectivity index (χ1v) is 8.84. The molecule has 0 aliphatic carbocycles. The van der Waals surface area contributed by atoms with Crippen LogP contribution in [0.15, 0.2) is 60.7 Å². The average molecular weight is 355 g/mol. The van der Waals surface area contributed by atoms with Crippen LogP contribution in [0.4, 0.5) is 11.4 Å². The van der Waals surface area contributed by atoms with Gasteiger partial charge in [-0.2, -0.15) is 0 Å². The maximum absolute atomic E-state index is 13.2. The van der Waals surface area contributed by atoms with Crippen LogP contribution >= 0.6 is 22.9 Å². The molecule has 1 atom stereocenters. The number of carbonyl (C=O) groups excluding carboxylic acids is 1. The van der Waals surface area contributed by atoms with Gasteiger partial charge in [0, 0.05) is 26.2 Å². The Kier molecular flexibility index (Phi) is 3.79. The van der Waals surface area contributed by atoms with Crippen molar-refractivity contribution in [3.05, 3.63) is 81.0 Å². The summed E-state index contributed by atoms with van der Waals surface area (Å²) in [6, 6.07) is 19.1. The van der Waals surface area contributed by atoms with Crippen molar-refractivity contribution in [1.29, 1.82) is 0 Å². The molecule has 1 aliphatic rings. The molecule has 5 heteroatoms. The number of fused-ring (bicyclic) bond motifs is 1. The Morgan fingerprint density at radius 2 is 1.92 bits per heavy atom. The molecule has 1 aliphatic heterocycles. The summed E-state index contributed by atoms with van der Waals surface area (Å²) in [4.78, 5) is 17.2. The van der Waals surface area contributed by atoms with Crippen LogP contribution in [0.25, 0.3) is 0 Å². The van der Waals surface area contributed by atoms with E-state index in [1.165, 1.54) is 4.88 Å². The van der Waals surface area contributed by atoms with Gasteiger partial charge in [-0.15, -0.1) is 11.3 Å².